The first kappa shape index (κ1) is 42.0. The Bertz CT molecular complexity index is 2240. The van der Waals surface area contributed by atoms with Crippen molar-refractivity contribution >= 4 is 63.6 Å². The highest BCUT2D eigenvalue weighted by atomic mass is 35.5. The van der Waals surface area contributed by atoms with E-state index >= 15 is 0 Å². The molecular formula is C43H37ClF3N3O6. The number of rotatable bonds is 9. The lowest BCUT2D eigenvalue weighted by Crippen LogP contribution is -2.06. The molecule has 6 N–H and O–H groups in total. The fraction of sp³-hybridized carbons (Fsp3) is 0.0930. The Labute approximate surface area is 326 Å². The van der Waals surface area contributed by atoms with Crippen LogP contribution in [0.3, 0.4) is 0 Å². The van der Waals surface area contributed by atoms with Crippen LogP contribution in [-0.4, -0.2) is 33.2 Å². The molecule has 0 bridgehead atoms. The lowest BCUT2D eigenvalue weighted by atomic mass is 10.1. The second kappa shape index (κ2) is 19.0. The van der Waals surface area contributed by atoms with Gasteiger partial charge in [0.25, 0.3) is 0 Å². The van der Waals surface area contributed by atoms with Gasteiger partial charge in [-0.05, 0) is 110 Å². The molecule has 6 aromatic carbocycles. The smallest absolute Gasteiger partial charge is 0.416 e. The highest BCUT2D eigenvalue weighted by Gasteiger charge is 2.30. The van der Waals surface area contributed by atoms with Crippen molar-refractivity contribution in [2.75, 3.05) is 16.0 Å². The molecule has 56 heavy (non-hydrogen) atoms. The van der Waals surface area contributed by atoms with E-state index in [0.717, 1.165) is 34.6 Å². The Kier molecular flexibility index (Phi) is 14.2. The van der Waals surface area contributed by atoms with Crippen LogP contribution in [0.15, 0.2) is 133 Å². The predicted molar refractivity (Wildman–Crippen MR) is 214 cm³/mol. The number of halogens is 4. The van der Waals surface area contributed by atoms with Crippen molar-refractivity contribution in [2.45, 2.75) is 26.9 Å². The minimum atomic E-state index is -4.44. The first-order valence-corrected chi connectivity index (χ1v) is 17.2. The molecule has 0 heterocycles. The number of anilines is 6. The number of alkyl halides is 3. The van der Waals surface area contributed by atoms with Crippen molar-refractivity contribution in [1.29, 1.82) is 0 Å². The number of carboxylic acids is 3. The van der Waals surface area contributed by atoms with Crippen LogP contribution in [0.1, 0.15) is 53.3 Å². The molecule has 0 aliphatic carbocycles. The average Bonchev–Trinajstić information content (AvgIpc) is 3.16. The van der Waals surface area contributed by atoms with E-state index in [1.165, 1.54) is 29.8 Å². The Morgan fingerprint density at radius 3 is 1.36 bits per heavy atom. The van der Waals surface area contributed by atoms with Gasteiger partial charge in [-0.1, -0.05) is 72.3 Å². The molecule has 0 aliphatic rings. The van der Waals surface area contributed by atoms with Crippen LogP contribution in [0.25, 0.3) is 0 Å². The third kappa shape index (κ3) is 11.4. The normalized spacial score (nSPS) is 10.5. The molecule has 0 aromatic heterocycles. The maximum Gasteiger partial charge on any atom is 0.416 e. The monoisotopic (exact) mass is 783 g/mol. The van der Waals surface area contributed by atoms with Crippen LogP contribution in [0.2, 0.25) is 5.02 Å². The number of nitrogens with one attached hydrogen (secondary N) is 3. The summed E-state index contributed by atoms with van der Waals surface area (Å²) in [4.78, 5) is 33.2. The van der Waals surface area contributed by atoms with Crippen molar-refractivity contribution < 1.29 is 42.9 Å². The summed E-state index contributed by atoms with van der Waals surface area (Å²) in [6.07, 6.45) is -4.44. The van der Waals surface area contributed by atoms with Gasteiger partial charge in [0.1, 0.15) is 0 Å². The molecule has 0 fully saturated rings. The second-order valence-corrected chi connectivity index (χ2v) is 12.6. The van der Waals surface area contributed by atoms with Crippen LogP contribution >= 0.6 is 11.6 Å². The summed E-state index contributed by atoms with van der Waals surface area (Å²) in [5.41, 5.74) is 6.20. The molecule has 0 spiro atoms. The molecule has 288 valence electrons. The van der Waals surface area contributed by atoms with Gasteiger partial charge in [-0.25, -0.2) is 14.4 Å². The van der Waals surface area contributed by atoms with Gasteiger partial charge in [0.15, 0.2) is 0 Å². The van der Waals surface area contributed by atoms with Crippen LogP contribution in [0.5, 0.6) is 0 Å². The summed E-state index contributed by atoms with van der Waals surface area (Å²) >= 11 is 6.03. The van der Waals surface area contributed by atoms with E-state index in [4.69, 9.17) is 26.9 Å². The van der Waals surface area contributed by atoms with Gasteiger partial charge in [0, 0.05) is 22.1 Å². The summed E-state index contributed by atoms with van der Waals surface area (Å²) in [7, 11) is 0. The van der Waals surface area contributed by atoms with Crippen molar-refractivity contribution in [3.05, 3.63) is 177 Å². The molecule has 9 nitrogen and oxygen atoms in total. The van der Waals surface area contributed by atoms with E-state index in [1.807, 2.05) is 57.2 Å². The lowest BCUT2D eigenvalue weighted by molar-refractivity contribution is -0.137. The maximum atomic E-state index is 12.6. The van der Waals surface area contributed by atoms with Crippen molar-refractivity contribution in [2.24, 2.45) is 0 Å². The SMILES string of the molecule is Cc1c(Cl)cccc1Nc1ccccc1C(=O)O.Cc1cccc(Nc2ccccc2C(=O)O)c1C.O=C(O)c1ccccc1Nc1cccc(C(F)(F)F)c1. The summed E-state index contributed by atoms with van der Waals surface area (Å²) in [5.74, 6) is -3.04. The first-order chi connectivity index (χ1) is 26.6. The van der Waals surface area contributed by atoms with Crippen molar-refractivity contribution in [3.63, 3.8) is 0 Å². The van der Waals surface area contributed by atoms with E-state index < -0.39 is 29.6 Å². The molecule has 0 saturated heterocycles. The van der Waals surface area contributed by atoms with Gasteiger partial charge >= 0.3 is 24.1 Å². The first-order valence-electron chi connectivity index (χ1n) is 16.8. The van der Waals surface area contributed by atoms with E-state index in [1.54, 1.807) is 60.7 Å². The quantitative estimate of drug-likeness (QED) is 0.0843. The molecule has 6 rings (SSSR count). The number of carboxylic acid groups (broad SMARTS) is 3. The minimum absolute atomic E-state index is 0.00934. The third-order valence-corrected chi connectivity index (χ3v) is 8.76. The van der Waals surface area contributed by atoms with E-state index in [-0.39, 0.29) is 28.1 Å². The van der Waals surface area contributed by atoms with Gasteiger partial charge < -0.3 is 31.3 Å². The Morgan fingerprint density at radius 2 is 0.893 bits per heavy atom. The topological polar surface area (TPSA) is 148 Å². The van der Waals surface area contributed by atoms with E-state index in [9.17, 15) is 27.6 Å². The van der Waals surface area contributed by atoms with E-state index in [0.29, 0.717) is 16.4 Å². The molecule has 0 aliphatic heterocycles. The molecular weight excluding hydrogens is 747 g/mol. The largest absolute Gasteiger partial charge is 0.478 e. The highest BCUT2D eigenvalue weighted by molar-refractivity contribution is 6.31. The number of hydrogen-bond donors (Lipinski definition) is 6. The van der Waals surface area contributed by atoms with Gasteiger partial charge in [-0.3, -0.25) is 0 Å². The number of aryl methyl sites for hydroxylation is 1. The van der Waals surface area contributed by atoms with Crippen LogP contribution in [-0.2, 0) is 6.18 Å². The van der Waals surface area contributed by atoms with E-state index in [2.05, 4.69) is 16.0 Å². The number of para-hydroxylation sites is 3. The molecule has 0 saturated carbocycles. The third-order valence-electron chi connectivity index (χ3n) is 8.35. The number of aromatic carboxylic acids is 3. The minimum Gasteiger partial charge on any atom is -0.478 e. The molecule has 13 heteroatoms. The molecule has 0 amide bonds. The molecule has 6 aromatic rings. The van der Waals surface area contributed by atoms with Crippen molar-refractivity contribution in [3.8, 4) is 0 Å². The zero-order valence-corrected chi connectivity index (χ0v) is 31.0. The molecule has 0 atom stereocenters. The van der Waals surface area contributed by atoms with Gasteiger partial charge in [0.05, 0.1) is 39.3 Å². The van der Waals surface area contributed by atoms with Gasteiger partial charge in [0.2, 0.25) is 0 Å². The summed E-state index contributed by atoms with van der Waals surface area (Å²) < 4.78 is 37.8. The average molecular weight is 784 g/mol. The summed E-state index contributed by atoms with van der Waals surface area (Å²) in [5, 5.41) is 36.8. The molecule has 0 unspecified atom stereocenters. The Hall–Kier alpha value is -6.79. The number of benzene rings is 6. The zero-order valence-electron chi connectivity index (χ0n) is 30.3. The fourth-order valence-electron chi connectivity index (χ4n) is 5.18. The highest BCUT2D eigenvalue weighted by Crippen LogP contribution is 2.32. The second-order valence-electron chi connectivity index (χ2n) is 12.2. The summed E-state index contributed by atoms with van der Waals surface area (Å²) in [6.45, 7) is 5.93. The Balaban J connectivity index is 0.000000187. The van der Waals surface area contributed by atoms with Crippen LogP contribution < -0.4 is 16.0 Å². The predicted octanol–water partition coefficient (Wildman–Crippen LogP) is 12.0. The van der Waals surface area contributed by atoms with Crippen molar-refractivity contribution in [1.82, 2.24) is 0 Å². The van der Waals surface area contributed by atoms with Crippen LogP contribution in [0, 0.1) is 20.8 Å². The van der Waals surface area contributed by atoms with Crippen LogP contribution in [0.4, 0.5) is 47.3 Å². The standard InChI is InChI=1S/C15H15NO2.C14H12ClNO2.C14H10F3NO2/c1-10-6-5-9-13(11(10)2)16-14-8-4-3-7-12(14)15(17)18;1-9-11(15)6-4-8-12(9)16-13-7-3-2-5-10(13)14(17)18;15-14(16,17)9-4-3-5-10(8-9)18-12-7-2-1-6-11(12)13(19)20/h3-9,16H,1-2H3,(H,17,18);2-8,16H,1H3,(H,17,18);1-8,18H,(H,19,20). The lowest BCUT2D eigenvalue weighted by Gasteiger charge is -2.13. The summed E-state index contributed by atoms with van der Waals surface area (Å²) in [6, 6.07) is 35.7. The number of carbonyl (C=O) groups is 3. The fourth-order valence-corrected chi connectivity index (χ4v) is 5.36. The van der Waals surface area contributed by atoms with Gasteiger partial charge in [-0.15, -0.1) is 0 Å². The van der Waals surface area contributed by atoms with Gasteiger partial charge in [-0.2, -0.15) is 13.2 Å². The maximum absolute atomic E-state index is 12.6. The zero-order chi connectivity index (χ0) is 41.0. The molecule has 0 radical (unpaired) electrons. The Morgan fingerprint density at radius 1 is 0.500 bits per heavy atom. The number of hydrogen-bond acceptors (Lipinski definition) is 6.